The summed E-state index contributed by atoms with van der Waals surface area (Å²) < 4.78 is 5.76. The fraction of sp³-hybridized carbons (Fsp3) is 0.211. The van der Waals surface area contributed by atoms with E-state index in [4.69, 9.17) is 4.42 Å². The predicted octanol–water partition coefficient (Wildman–Crippen LogP) is 4.06. The van der Waals surface area contributed by atoms with Crippen molar-refractivity contribution >= 4 is 11.6 Å². The molecule has 0 unspecified atom stereocenters. The molecule has 1 fully saturated rings. The van der Waals surface area contributed by atoms with Crippen LogP contribution < -0.4 is 5.32 Å². The van der Waals surface area contributed by atoms with Crippen molar-refractivity contribution in [2.24, 2.45) is 5.92 Å². The number of hydrogen-bond acceptors (Lipinski definition) is 4. The van der Waals surface area contributed by atoms with E-state index in [2.05, 4.69) is 15.5 Å². The second kappa shape index (κ2) is 5.92. The van der Waals surface area contributed by atoms with Crippen molar-refractivity contribution in [2.45, 2.75) is 19.8 Å². The largest absolute Gasteiger partial charge is 0.416 e. The molecule has 0 bridgehead atoms. The molecule has 3 aromatic rings. The quantitative estimate of drug-likeness (QED) is 0.787. The van der Waals surface area contributed by atoms with Crippen LogP contribution in [0.2, 0.25) is 0 Å². The number of carbonyl (C=O) groups excluding carboxylic acids is 1. The third kappa shape index (κ3) is 3.06. The topological polar surface area (TPSA) is 68.0 Å². The molecule has 5 nitrogen and oxygen atoms in total. The van der Waals surface area contributed by atoms with Gasteiger partial charge in [-0.1, -0.05) is 17.7 Å². The average Bonchev–Trinajstić information content (AvgIpc) is 3.34. The number of hydrogen-bond donors (Lipinski definition) is 1. The minimum absolute atomic E-state index is 0.0993. The molecule has 2 aromatic carbocycles. The van der Waals surface area contributed by atoms with Crippen LogP contribution in [-0.2, 0) is 4.79 Å². The summed E-state index contributed by atoms with van der Waals surface area (Å²) in [4.78, 5) is 11.8. The molecule has 1 amide bonds. The highest BCUT2D eigenvalue weighted by Gasteiger charge is 2.29. The normalized spacial score (nSPS) is 13.7. The monoisotopic (exact) mass is 319 g/mol. The van der Waals surface area contributed by atoms with Crippen LogP contribution in [0, 0.1) is 12.8 Å². The van der Waals surface area contributed by atoms with Gasteiger partial charge in [0, 0.05) is 22.7 Å². The summed E-state index contributed by atoms with van der Waals surface area (Å²) in [5, 5.41) is 11.1. The molecule has 1 saturated carbocycles. The lowest BCUT2D eigenvalue weighted by molar-refractivity contribution is -0.117. The van der Waals surface area contributed by atoms with Gasteiger partial charge < -0.3 is 9.73 Å². The molecule has 0 spiro atoms. The number of benzene rings is 2. The van der Waals surface area contributed by atoms with Gasteiger partial charge in [-0.05, 0) is 56.2 Å². The molecular weight excluding hydrogens is 302 g/mol. The summed E-state index contributed by atoms with van der Waals surface area (Å²) >= 11 is 0. The van der Waals surface area contributed by atoms with Crippen molar-refractivity contribution < 1.29 is 9.21 Å². The number of carbonyl (C=O) groups is 1. The van der Waals surface area contributed by atoms with Crippen LogP contribution in [-0.4, -0.2) is 16.1 Å². The van der Waals surface area contributed by atoms with Crippen LogP contribution in [0.5, 0.6) is 0 Å². The van der Waals surface area contributed by atoms with E-state index in [-0.39, 0.29) is 11.8 Å². The van der Waals surface area contributed by atoms with Gasteiger partial charge in [0.1, 0.15) is 0 Å². The Hall–Kier alpha value is -2.95. The Kier molecular flexibility index (Phi) is 3.61. The number of rotatable bonds is 4. The molecule has 1 N–H and O–H groups in total. The first kappa shape index (κ1) is 14.6. The molecule has 120 valence electrons. The highest BCUT2D eigenvalue weighted by molar-refractivity contribution is 5.94. The number of amides is 1. The Morgan fingerprint density at radius 3 is 2.04 bits per heavy atom. The summed E-state index contributed by atoms with van der Waals surface area (Å²) in [5.41, 5.74) is 3.69. The molecular formula is C19H17N3O2. The van der Waals surface area contributed by atoms with Crippen molar-refractivity contribution in [2.75, 3.05) is 5.32 Å². The number of aryl methyl sites for hydroxylation is 1. The fourth-order valence-corrected chi connectivity index (χ4v) is 2.44. The van der Waals surface area contributed by atoms with Crippen LogP contribution in [0.25, 0.3) is 22.9 Å². The second-order valence-electron chi connectivity index (χ2n) is 6.12. The van der Waals surface area contributed by atoms with Crippen LogP contribution in [0.15, 0.2) is 52.9 Å². The van der Waals surface area contributed by atoms with Gasteiger partial charge in [-0.2, -0.15) is 0 Å². The van der Waals surface area contributed by atoms with E-state index in [1.165, 1.54) is 5.56 Å². The van der Waals surface area contributed by atoms with E-state index < -0.39 is 0 Å². The van der Waals surface area contributed by atoms with Crippen molar-refractivity contribution in [3.05, 3.63) is 54.1 Å². The molecule has 5 heteroatoms. The van der Waals surface area contributed by atoms with Gasteiger partial charge in [0.05, 0.1) is 0 Å². The van der Waals surface area contributed by atoms with Crippen LogP contribution in [0.1, 0.15) is 18.4 Å². The van der Waals surface area contributed by atoms with Gasteiger partial charge in [0.2, 0.25) is 17.7 Å². The average molecular weight is 319 g/mol. The van der Waals surface area contributed by atoms with E-state index in [9.17, 15) is 4.79 Å². The van der Waals surface area contributed by atoms with Crippen molar-refractivity contribution in [3.8, 4) is 22.9 Å². The minimum Gasteiger partial charge on any atom is -0.416 e. The first-order valence-electron chi connectivity index (χ1n) is 8.01. The number of nitrogens with zero attached hydrogens (tertiary/aromatic N) is 2. The Morgan fingerprint density at radius 1 is 0.958 bits per heavy atom. The lowest BCUT2D eigenvalue weighted by atomic mass is 10.1. The van der Waals surface area contributed by atoms with Crippen LogP contribution in [0.4, 0.5) is 5.69 Å². The summed E-state index contributed by atoms with van der Waals surface area (Å²) in [6.45, 7) is 2.03. The Balaban J connectivity index is 1.51. The zero-order chi connectivity index (χ0) is 16.5. The maximum atomic E-state index is 11.8. The lowest BCUT2D eigenvalue weighted by Gasteiger charge is -2.04. The van der Waals surface area contributed by atoms with E-state index in [1.54, 1.807) is 0 Å². The molecule has 0 radical (unpaired) electrons. The molecule has 4 rings (SSSR count). The molecule has 1 heterocycles. The maximum Gasteiger partial charge on any atom is 0.248 e. The highest BCUT2D eigenvalue weighted by Crippen LogP contribution is 2.30. The highest BCUT2D eigenvalue weighted by atomic mass is 16.4. The van der Waals surface area contributed by atoms with Gasteiger partial charge >= 0.3 is 0 Å². The summed E-state index contributed by atoms with van der Waals surface area (Å²) in [5.74, 6) is 1.25. The molecule has 0 atom stereocenters. The molecule has 1 aromatic heterocycles. The van der Waals surface area contributed by atoms with E-state index in [1.807, 2.05) is 55.5 Å². The number of anilines is 1. The van der Waals surface area contributed by atoms with Gasteiger partial charge in [-0.15, -0.1) is 10.2 Å². The zero-order valence-electron chi connectivity index (χ0n) is 13.3. The van der Waals surface area contributed by atoms with E-state index >= 15 is 0 Å². The standard InChI is InChI=1S/C19H17N3O2/c1-12-2-4-14(5-3-12)18-21-22-19(24-18)15-8-10-16(11-9-15)20-17(23)13-6-7-13/h2-5,8-11,13H,6-7H2,1H3,(H,20,23). The smallest absolute Gasteiger partial charge is 0.248 e. The van der Waals surface area contributed by atoms with Gasteiger partial charge in [-0.25, -0.2) is 0 Å². The first-order valence-corrected chi connectivity index (χ1v) is 8.01. The van der Waals surface area contributed by atoms with Crippen molar-refractivity contribution in [3.63, 3.8) is 0 Å². The zero-order valence-corrected chi connectivity index (χ0v) is 13.3. The Morgan fingerprint density at radius 2 is 1.50 bits per heavy atom. The minimum atomic E-state index is 0.0993. The van der Waals surface area contributed by atoms with Gasteiger partial charge in [0.15, 0.2) is 0 Å². The first-order chi connectivity index (χ1) is 11.7. The van der Waals surface area contributed by atoms with Crippen molar-refractivity contribution in [1.29, 1.82) is 0 Å². The van der Waals surface area contributed by atoms with E-state index in [0.29, 0.717) is 11.8 Å². The summed E-state index contributed by atoms with van der Waals surface area (Å²) in [7, 11) is 0. The van der Waals surface area contributed by atoms with Crippen molar-refractivity contribution in [1.82, 2.24) is 10.2 Å². The SMILES string of the molecule is Cc1ccc(-c2nnc(-c3ccc(NC(=O)C4CC4)cc3)o2)cc1. The third-order valence-corrected chi connectivity index (χ3v) is 4.07. The van der Waals surface area contributed by atoms with Gasteiger partial charge in [0.25, 0.3) is 0 Å². The number of nitrogens with one attached hydrogen (secondary N) is 1. The number of aromatic nitrogens is 2. The van der Waals surface area contributed by atoms with E-state index in [0.717, 1.165) is 29.7 Å². The predicted molar refractivity (Wildman–Crippen MR) is 91.3 cm³/mol. The van der Waals surface area contributed by atoms with Crippen LogP contribution in [0.3, 0.4) is 0 Å². The molecule has 1 aliphatic carbocycles. The maximum absolute atomic E-state index is 11.8. The fourth-order valence-electron chi connectivity index (χ4n) is 2.44. The van der Waals surface area contributed by atoms with Crippen LogP contribution >= 0.6 is 0 Å². The molecule has 24 heavy (non-hydrogen) atoms. The van der Waals surface area contributed by atoms with Gasteiger partial charge in [-0.3, -0.25) is 4.79 Å². The summed E-state index contributed by atoms with van der Waals surface area (Å²) in [6.07, 6.45) is 1.99. The second-order valence-corrected chi connectivity index (χ2v) is 6.12. The molecule has 0 aliphatic heterocycles. The Bertz CT molecular complexity index is 862. The third-order valence-electron chi connectivity index (χ3n) is 4.07. The lowest BCUT2D eigenvalue weighted by Crippen LogP contribution is -2.12. The molecule has 0 saturated heterocycles. The Labute approximate surface area is 139 Å². The summed E-state index contributed by atoms with van der Waals surface area (Å²) in [6, 6.07) is 15.4. The molecule has 1 aliphatic rings.